The average molecular weight is 287 g/mol. The van der Waals surface area contributed by atoms with E-state index in [0.29, 0.717) is 5.56 Å². The third kappa shape index (κ3) is 3.34. The number of nitrogens with zero attached hydrogens (tertiary/aromatic N) is 1. The Bertz CT molecular complexity index is 751. The Morgan fingerprint density at radius 2 is 1.86 bits per heavy atom. The lowest BCUT2D eigenvalue weighted by atomic mass is 10.1. The molecule has 104 valence electrons. The smallest absolute Gasteiger partial charge is 0.416 e. The van der Waals surface area contributed by atoms with Gasteiger partial charge in [-0.25, -0.2) is 0 Å². The van der Waals surface area contributed by atoms with E-state index < -0.39 is 11.7 Å². The summed E-state index contributed by atoms with van der Waals surface area (Å²) in [4.78, 5) is 0. The fourth-order valence-corrected chi connectivity index (χ4v) is 1.66. The molecule has 0 unspecified atom stereocenters. The Morgan fingerprint density at radius 3 is 2.48 bits per heavy atom. The summed E-state index contributed by atoms with van der Waals surface area (Å²) in [5.41, 5.74) is -0.176. The van der Waals surface area contributed by atoms with Crippen LogP contribution >= 0.6 is 0 Å². The highest BCUT2D eigenvalue weighted by atomic mass is 19.4. The minimum Gasteiger partial charge on any atom is -0.456 e. The molecule has 0 spiro atoms. The lowest BCUT2D eigenvalue weighted by Gasteiger charge is -2.11. The van der Waals surface area contributed by atoms with Crippen molar-refractivity contribution in [3.63, 3.8) is 0 Å². The van der Waals surface area contributed by atoms with Crippen LogP contribution in [0.3, 0.4) is 0 Å². The third-order valence-electron chi connectivity index (χ3n) is 2.66. The lowest BCUT2D eigenvalue weighted by Crippen LogP contribution is -2.04. The second-order valence-electron chi connectivity index (χ2n) is 4.09. The van der Waals surface area contributed by atoms with Crippen molar-refractivity contribution in [1.82, 2.24) is 0 Å². The van der Waals surface area contributed by atoms with Crippen molar-refractivity contribution in [1.29, 1.82) is 5.26 Å². The van der Waals surface area contributed by atoms with Crippen molar-refractivity contribution in [2.24, 2.45) is 0 Å². The number of ether oxygens (including phenoxy) is 1. The van der Waals surface area contributed by atoms with Crippen LogP contribution < -0.4 is 4.74 Å². The maximum Gasteiger partial charge on any atom is 0.416 e. The molecule has 0 aliphatic carbocycles. The molecule has 0 aromatic heterocycles. The second-order valence-corrected chi connectivity index (χ2v) is 4.09. The Labute approximate surface area is 119 Å². The van der Waals surface area contributed by atoms with Crippen molar-refractivity contribution < 1.29 is 17.9 Å². The summed E-state index contributed by atoms with van der Waals surface area (Å²) in [6, 6.07) is 10.8. The molecule has 0 radical (unpaired) electrons. The van der Waals surface area contributed by atoms with E-state index in [9.17, 15) is 13.2 Å². The average Bonchev–Trinajstić information content (AvgIpc) is 2.47. The van der Waals surface area contributed by atoms with E-state index in [1.807, 2.05) is 6.07 Å². The topological polar surface area (TPSA) is 33.0 Å². The number of hydrogen-bond acceptors (Lipinski definition) is 2. The van der Waals surface area contributed by atoms with Gasteiger partial charge in [0.15, 0.2) is 0 Å². The predicted octanol–water partition coefficient (Wildman–Crippen LogP) is 4.35. The SMILES string of the molecule is C#Cc1ccc(Oc2cccc(C(F)(F)F)c2)c(C#N)c1. The third-order valence-corrected chi connectivity index (χ3v) is 2.66. The van der Waals surface area contributed by atoms with Crippen molar-refractivity contribution in [2.45, 2.75) is 6.18 Å². The first-order chi connectivity index (χ1) is 9.94. The molecular weight excluding hydrogens is 279 g/mol. The fourth-order valence-electron chi connectivity index (χ4n) is 1.66. The molecule has 0 aliphatic rings. The van der Waals surface area contributed by atoms with Gasteiger partial charge >= 0.3 is 6.18 Å². The number of terminal acetylenes is 1. The Balaban J connectivity index is 2.36. The molecule has 5 heteroatoms. The van der Waals surface area contributed by atoms with Crippen LogP contribution in [0.4, 0.5) is 13.2 Å². The normalized spacial score (nSPS) is 10.5. The van der Waals surface area contributed by atoms with Gasteiger partial charge in [-0.15, -0.1) is 6.42 Å². The number of benzene rings is 2. The quantitative estimate of drug-likeness (QED) is 0.769. The molecule has 0 fully saturated rings. The molecule has 0 atom stereocenters. The van der Waals surface area contributed by atoms with Gasteiger partial charge in [-0.05, 0) is 36.4 Å². The first-order valence-corrected chi connectivity index (χ1v) is 5.80. The zero-order valence-corrected chi connectivity index (χ0v) is 10.6. The summed E-state index contributed by atoms with van der Waals surface area (Å²) in [6.45, 7) is 0. The molecule has 2 rings (SSSR count). The number of hydrogen-bond donors (Lipinski definition) is 0. The van der Waals surface area contributed by atoms with Crippen molar-refractivity contribution >= 4 is 0 Å². The number of halogens is 3. The maximum atomic E-state index is 12.6. The minimum absolute atomic E-state index is 0.00483. The summed E-state index contributed by atoms with van der Waals surface area (Å²) in [7, 11) is 0. The van der Waals surface area contributed by atoms with Gasteiger partial charge in [0.1, 0.15) is 17.6 Å². The summed E-state index contributed by atoms with van der Waals surface area (Å²) >= 11 is 0. The highest BCUT2D eigenvalue weighted by molar-refractivity contribution is 5.51. The Hall–Kier alpha value is -2.92. The van der Waals surface area contributed by atoms with E-state index in [4.69, 9.17) is 16.4 Å². The van der Waals surface area contributed by atoms with Crippen LogP contribution in [0.1, 0.15) is 16.7 Å². The highest BCUT2D eigenvalue weighted by Crippen LogP contribution is 2.33. The van der Waals surface area contributed by atoms with Crippen molar-refractivity contribution in [3.8, 4) is 29.9 Å². The molecule has 0 saturated carbocycles. The first kappa shape index (κ1) is 14.5. The minimum atomic E-state index is -4.45. The molecule has 0 saturated heterocycles. The lowest BCUT2D eigenvalue weighted by molar-refractivity contribution is -0.137. The van der Waals surface area contributed by atoms with Gasteiger partial charge < -0.3 is 4.74 Å². The molecule has 2 nitrogen and oxygen atoms in total. The monoisotopic (exact) mass is 287 g/mol. The van der Waals surface area contributed by atoms with Crippen LogP contribution in [-0.4, -0.2) is 0 Å². The second kappa shape index (κ2) is 5.60. The largest absolute Gasteiger partial charge is 0.456 e. The van der Waals surface area contributed by atoms with Gasteiger partial charge in [0, 0.05) is 5.56 Å². The van der Waals surface area contributed by atoms with Crippen LogP contribution in [0.2, 0.25) is 0 Å². The van der Waals surface area contributed by atoms with Crippen LogP contribution in [0.15, 0.2) is 42.5 Å². The van der Waals surface area contributed by atoms with E-state index in [1.54, 1.807) is 6.07 Å². The predicted molar refractivity (Wildman–Crippen MR) is 70.6 cm³/mol. The van der Waals surface area contributed by atoms with E-state index >= 15 is 0 Å². The van der Waals surface area contributed by atoms with Gasteiger partial charge in [-0.3, -0.25) is 0 Å². The Morgan fingerprint density at radius 1 is 1.10 bits per heavy atom. The summed E-state index contributed by atoms with van der Waals surface area (Å²) in [5, 5.41) is 9.02. The molecule has 2 aromatic carbocycles. The molecule has 0 aliphatic heterocycles. The number of rotatable bonds is 2. The summed E-state index contributed by atoms with van der Waals surface area (Å²) < 4.78 is 43.2. The van der Waals surface area contributed by atoms with E-state index in [2.05, 4.69) is 5.92 Å². The summed E-state index contributed by atoms with van der Waals surface area (Å²) in [5.74, 6) is 2.51. The van der Waals surface area contributed by atoms with Crippen LogP contribution in [0, 0.1) is 23.7 Å². The van der Waals surface area contributed by atoms with E-state index in [0.717, 1.165) is 12.1 Å². The van der Waals surface area contributed by atoms with Crippen molar-refractivity contribution in [2.75, 3.05) is 0 Å². The molecule has 0 N–H and O–H groups in total. The zero-order chi connectivity index (χ0) is 15.5. The summed E-state index contributed by atoms with van der Waals surface area (Å²) in [6.07, 6.45) is 0.765. The Kier molecular flexibility index (Phi) is 3.86. The van der Waals surface area contributed by atoms with Gasteiger partial charge in [0.05, 0.1) is 11.1 Å². The van der Waals surface area contributed by atoms with Crippen LogP contribution in [0.5, 0.6) is 11.5 Å². The molecule has 21 heavy (non-hydrogen) atoms. The van der Waals surface area contributed by atoms with Crippen LogP contribution in [-0.2, 0) is 6.18 Å². The fraction of sp³-hybridized carbons (Fsp3) is 0.0625. The maximum absolute atomic E-state index is 12.6. The zero-order valence-electron chi connectivity index (χ0n) is 10.6. The molecule has 0 bridgehead atoms. The molecular formula is C16H8F3NO. The molecule has 2 aromatic rings. The van der Waals surface area contributed by atoms with Gasteiger partial charge in [-0.2, -0.15) is 18.4 Å². The van der Waals surface area contributed by atoms with E-state index in [-0.39, 0.29) is 17.1 Å². The molecule has 0 heterocycles. The molecule has 0 amide bonds. The number of alkyl halides is 3. The van der Waals surface area contributed by atoms with Crippen molar-refractivity contribution in [3.05, 3.63) is 59.2 Å². The van der Waals surface area contributed by atoms with Crippen LogP contribution in [0.25, 0.3) is 0 Å². The van der Waals surface area contributed by atoms with Gasteiger partial charge in [0.2, 0.25) is 0 Å². The van der Waals surface area contributed by atoms with Gasteiger partial charge in [-0.1, -0.05) is 12.0 Å². The highest BCUT2D eigenvalue weighted by Gasteiger charge is 2.30. The van der Waals surface area contributed by atoms with Gasteiger partial charge in [0.25, 0.3) is 0 Å². The van der Waals surface area contributed by atoms with E-state index in [1.165, 1.54) is 24.3 Å². The first-order valence-electron chi connectivity index (χ1n) is 5.80. The number of nitriles is 1. The standard InChI is InChI=1S/C16H8F3NO/c1-2-11-6-7-15(12(8-11)10-20)21-14-5-3-4-13(9-14)16(17,18)19/h1,3-9H.